The Balaban J connectivity index is 2.10. The van der Waals surface area contributed by atoms with E-state index in [1.165, 1.54) is 33.4 Å². The summed E-state index contributed by atoms with van der Waals surface area (Å²) in [4.78, 5) is 0. The Morgan fingerprint density at radius 3 is 2.26 bits per heavy atom. The largest absolute Gasteiger partial charge is 0.396 e. The van der Waals surface area contributed by atoms with E-state index in [4.69, 9.17) is 6.54 Å². The van der Waals surface area contributed by atoms with Gasteiger partial charge in [-0.1, -0.05) is 43.0 Å². The number of benzene rings is 2. The molecule has 0 aliphatic rings. The van der Waals surface area contributed by atoms with Gasteiger partial charge in [-0.25, -0.2) is 0 Å². The van der Waals surface area contributed by atoms with Crippen LogP contribution in [0.15, 0.2) is 43.0 Å². The normalized spacial score (nSPS) is 12.8. The number of aliphatic hydroxyl groups is 1. The van der Waals surface area contributed by atoms with Crippen molar-refractivity contribution < 1.29 is 5.11 Å². The molecule has 23 heavy (non-hydrogen) atoms. The first-order valence-corrected chi connectivity index (χ1v) is 8.30. The van der Waals surface area contributed by atoms with Crippen LogP contribution in [-0.2, 0) is 6.42 Å². The summed E-state index contributed by atoms with van der Waals surface area (Å²) in [5, 5.41) is 4.72. The molecule has 0 saturated carbocycles. The second-order valence-corrected chi connectivity index (χ2v) is 6.76. The molecule has 0 heterocycles. The van der Waals surface area contributed by atoms with Crippen LogP contribution in [0.25, 0.3) is 5.57 Å². The average molecular weight is 310 g/mol. The zero-order chi connectivity index (χ0) is 17.7. The fourth-order valence-electron chi connectivity index (χ4n) is 2.88. The van der Waals surface area contributed by atoms with Gasteiger partial charge in [0.1, 0.15) is 0 Å². The van der Waals surface area contributed by atoms with Gasteiger partial charge in [0.25, 0.3) is 0 Å². The highest BCUT2D eigenvalue weighted by molar-refractivity contribution is 5.64. The van der Waals surface area contributed by atoms with Crippen LogP contribution in [0.3, 0.4) is 0 Å². The minimum Gasteiger partial charge on any atom is -0.396 e. The quantitative estimate of drug-likeness (QED) is 0.747. The van der Waals surface area contributed by atoms with Gasteiger partial charge in [0.15, 0.2) is 0 Å². The van der Waals surface area contributed by atoms with E-state index >= 15 is 0 Å². The zero-order valence-electron chi connectivity index (χ0n) is 15.8. The van der Waals surface area contributed by atoms with Crippen molar-refractivity contribution in [3.8, 4) is 0 Å². The highest BCUT2D eigenvalue weighted by atomic mass is 16.3. The van der Waals surface area contributed by atoms with Crippen LogP contribution in [0.2, 0.25) is 0 Å². The molecule has 0 aliphatic heterocycles. The summed E-state index contributed by atoms with van der Waals surface area (Å²) >= 11 is 0. The van der Waals surface area contributed by atoms with E-state index < -0.39 is 0 Å². The fourth-order valence-corrected chi connectivity index (χ4v) is 2.88. The zero-order valence-corrected chi connectivity index (χ0v) is 14.8. The summed E-state index contributed by atoms with van der Waals surface area (Å²) in [6.45, 7) is 13.2. The Morgan fingerprint density at radius 1 is 1.00 bits per heavy atom. The number of aryl methyl sites for hydroxylation is 4. The Hall–Kier alpha value is -1.86. The molecule has 0 fully saturated rings. The number of rotatable bonds is 7. The molecule has 2 rings (SSSR count). The number of aliphatic hydroxyl groups excluding tert-OH is 1. The van der Waals surface area contributed by atoms with Crippen molar-refractivity contribution in [2.24, 2.45) is 5.92 Å². The second kappa shape index (κ2) is 7.61. The van der Waals surface area contributed by atoms with E-state index in [1.54, 1.807) is 0 Å². The van der Waals surface area contributed by atoms with Gasteiger partial charge in [-0.15, -0.1) is 0 Å². The Bertz CT molecular complexity index is 718. The third-order valence-electron chi connectivity index (χ3n) is 4.78. The van der Waals surface area contributed by atoms with Crippen LogP contribution in [0.5, 0.6) is 0 Å². The van der Waals surface area contributed by atoms with E-state index in [9.17, 15) is 0 Å². The molecule has 0 unspecified atom stereocenters. The van der Waals surface area contributed by atoms with Crippen molar-refractivity contribution in [2.75, 3.05) is 6.61 Å². The summed E-state index contributed by atoms with van der Waals surface area (Å²) in [6, 6.07) is 13.1. The predicted molar refractivity (Wildman–Crippen MR) is 99.8 cm³/mol. The van der Waals surface area contributed by atoms with E-state index in [0.29, 0.717) is 6.61 Å². The highest BCUT2D eigenvalue weighted by Crippen LogP contribution is 2.25. The van der Waals surface area contributed by atoms with Gasteiger partial charge in [-0.3, -0.25) is 0 Å². The lowest BCUT2D eigenvalue weighted by Gasteiger charge is -2.17. The van der Waals surface area contributed by atoms with Gasteiger partial charge in [0, 0.05) is 6.61 Å². The van der Waals surface area contributed by atoms with Gasteiger partial charge in [0.05, 0.1) is 0 Å². The summed E-state index contributed by atoms with van der Waals surface area (Å²) in [7, 11) is 0. The monoisotopic (exact) mass is 310 g/mol. The summed E-state index contributed by atoms with van der Waals surface area (Å²) < 4.78 is 7.16. The molecular weight excluding hydrogens is 280 g/mol. The maximum absolute atomic E-state index is 7.16. The summed E-state index contributed by atoms with van der Waals surface area (Å²) in [6.07, 6.45) is 1.75. The topological polar surface area (TPSA) is 20.2 Å². The highest BCUT2D eigenvalue weighted by Gasteiger charge is 2.12. The first-order chi connectivity index (χ1) is 11.4. The summed E-state index contributed by atoms with van der Waals surface area (Å²) in [5.74, 6) is 0.263. The van der Waals surface area contributed by atoms with E-state index in [2.05, 4.69) is 70.7 Å². The molecular formula is C22H28O. The molecule has 2 aromatic carbocycles. The lowest BCUT2D eigenvalue weighted by atomic mass is 9.89. The van der Waals surface area contributed by atoms with Gasteiger partial charge in [-0.05, 0) is 85.4 Å². The second-order valence-electron chi connectivity index (χ2n) is 6.76. The van der Waals surface area contributed by atoms with Crippen LogP contribution >= 0.6 is 0 Å². The van der Waals surface area contributed by atoms with Crippen molar-refractivity contribution in [1.29, 1.82) is 1.43 Å². The molecule has 0 aromatic heterocycles. The average Bonchev–Trinajstić information content (AvgIpc) is 2.53. The SMILES string of the molecule is [3H]OC[C@@H](CC(=C)c1ccc(C)c(C)c1)Cc1ccc(C)c(C)c1. The number of allylic oxidation sites excluding steroid dienone is 1. The maximum atomic E-state index is 7.16. The summed E-state index contributed by atoms with van der Waals surface area (Å²) in [5.41, 5.74) is 8.81. The van der Waals surface area contributed by atoms with Crippen molar-refractivity contribution in [2.45, 2.75) is 40.5 Å². The van der Waals surface area contributed by atoms with Gasteiger partial charge in [0.2, 0.25) is 1.43 Å². The molecule has 0 saturated heterocycles. The smallest absolute Gasteiger partial charge is 0.210 e. The first kappa shape index (κ1) is 16.0. The minimum atomic E-state index is 0.263. The Morgan fingerprint density at radius 2 is 1.65 bits per heavy atom. The van der Waals surface area contributed by atoms with Crippen LogP contribution in [-0.4, -0.2) is 13.1 Å². The minimum absolute atomic E-state index is 0.263. The van der Waals surface area contributed by atoms with Crippen LogP contribution in [0, 0.1) is 33.6 Å². The third-order valence-corrected chi connectivity index (χ3v) is 4.78. The Labute approximate surface area is 142 Å². The number of hydrogen-bond donors (Lipinski definition) is 1. The molecule has 0 aliphatic carbocycles. The lowest BCUT2D eigenvalue weighted by molar-refractivity contribution is 0.228. The fraction of sp³-hybridized carbons (Fsp3) is 0.364. The van der Waals surface area contributed by atoms with Crippen LogP contribution < -0.4 is 0 Å². The molecule has 0 spiro atoms. The van der Waals surface area contributed by atoms with E-state index in [0.717, 1.165) is 18.4 Å². The van der Waals surface area contributed by atoms with Crippen molar-refractivity contribution in [1.82, 2.24) is 0 Å². The molecule has 2 aromatic rings. The van der Waals surface area contributed by atoms with Crippen molar-refractivity contribution in [3.05, 3.63) is 76.4 Å². The van der Waals surface area contributed by atoms with Crippen LogP contribution in [0.4, 0.5) is 0 Å². The molecule has 0 bridgehead atoms. The van der Waals surface area contributed by atoms with E-state index in [1.807, 2.05) is 0 Å². The van der Waals surface area contributed by atoms with Gasteiger partial charge < -0.3 is 5.11 Å². The van der Waals surface area contributed by atoms with Crippen molar-refractivity contribution in [3.63, 3.8) is 0 Å². The van der Waals surface area contributed by atoms with Gasteiger partial charge in [-0.2, -0.15) is 0 Å². The first-order valence-electron chi connectivity index (χ1n) is 8.71. The molecule has 1 nitrogen and oxygen atoms in total. The predicted octanol–water partition coefficient (Wildman–Crippen LogP) is 5.17. The Kier molecular flexibility index (Phi) is 5.30. The molecule has 0 radical (unpaired) electrons. The molecule has 1 heteroatoms. The molecule has 1 N–H and O–H groups in total. The van der Waals surface area contributed by atoms with E-state index in [-0.39, 0.29) is 5.92 Å². The molecule has 0 amide bonds. The molecule has 122 valence electrons. The lowest BCUT2D eigenvalue weighted by Crippen LogP contribution is -2.10. The van der Waals surface area contributed by atoms with Crippen molar-refractivity contribution >= 4 is 5.57 Å². The maximum Gasteiger partial charge on any atom is 0.210 e. The third kappa shape index (κ3) is 4.56. The molecule has 1 atom stereocenters. The number of hydrogen-bond acceptors (Lipinski definition) is 1. The van der Waals surface area contributed by atoms with Gasteiger partial charge >= 0.3 is 0 Å². The standard InChI is InChI=1S/C22H28O/c1-15-6-8-20(10-17(15)3)13-21(14-23)11-19(5)22-9-7-16(2)18(4)12-22/h6-10,12,21,23H,5,11,13-14H2,1-4H3/t21-/m0/s1/i23T. The van der Waals surface area contributed by atoms with Crippen LogP contribution in [0.1, 0.15) is 39.8 Å².